The van der Waals surface area contributed by atoms with Crippen molar-refractivity contribution >= 4 is 11.9 Å². The topological polar surface area (TPSA) is 69.0 Å². The van der Waals surface area contributed by atoms with Gasteiger partial charge in [0, 0.05) is 18.7 Å². The molecule has 0 N–H and O–H groups in total. The summed E-state index contributed by atoms with van der Waals surface area (Å²) in [7, 11) is 1.63. The summed E-state index contributed by atoms with van der Waals surface area (Å²) < 4.78 is 16.2. The molecule has 0 bridgehead atoms. The SMILES string of the molecule is CCOC(=O)C1(Cc2ccc(OC)cc2)CCN(C(=O)c2oc(C)cc2C)CC1. The van der Waals surface area contributed by atoms with Crippen molar-refractivity contribution in [1.82, 2.24) is 4.90 Å². The second-order valence-electron chi connectivity index (χ2n) is 7.69. The van der Waals surface area contributed by atoms with E-state index in [0.29, 0.717) is 44.7 Å². The fourth-order valence-corrected chi connectivity index (χ4v) is 4.01. The van der Waals surface area contributed by atoms with Crippen molar-refractivity contribution in [2.75, 3.05) is 26.8 Å². The number of esters is 1. The van der Waals surface area contributed by atoms with Crippen molar-refractivity contribution in [3.8, 4) is 5.75 Å². The Morgan fingerprint density at radius 3 is 2.31 bits per heavy atom. The molecule has 0 aliphatic carbocycles. The Bertz CT molecular complexity index is 860. The molecule has 156 valence electrons. The number of nitrogens with zero attached hydrogens (tertiary/aromatic N) is 1. The van der Waals surface area contributed by atoms with Crippen LogP contribution in [-0.2, 0) is 16.0 Å². The lowest BCUT2D eigenvalue weighted by atomic mass is 9.73. The number of methoxy groups -OCH3 is 1. The number of likely N-dealkylation sites (tertiary alicyclic amines) is 1. The van der Waals surface area contributed by atoms with Crippen LogP contribution in [0.25, 0.3) is 0 Å². The molecule has 1 saturated heterocycles. The van der Waals surface area contributed by atoms with Gasteiger partial charge in [0.1, 0.15) is 11.5 Å². The molecule has 3 rings (SSSR count). The summed E-state index contributed by atoms with van der Waals surface area (Å²) in [6, 6.07) is 9.62. The first kappa shape index (κ1) is 21.0. The van der Waals surface area contributed by atoms with Crippen molar-refractivity contribution in [2.45, 2.75) is 40.0 Å². The lowest BCUT2D eigenvalue weighted by Crippen LogP contribution is -2.48. The Labute approximate surface area is 171 Å². The Morgan fingerprint density at radius 1 is 1.14 bits per heavy atom. The van der Waals surface area contributed by atoms with Gasteiger partial charge in [-0.3, -0.25) is 9.59 Å². The molecule has 0 atom stereocenters. The standard InChI is InChI=1S/C23H29NO5/c1-5-28-22(26)23(15-18-6-8-19(27-4)9-7-18)10-12-24(13-11-23)21(25)20-16(2)14-17(3)29-20/h6-9,14H,5,10-13,15H2,1-4H3. The van der Waals surface area contributed by atoms with E-state index >= 15 is 0 Å². The van der Waals surface area contributed by atoms with E-state index < -0.39 is 5.41 Å². The van der Waals surface area contributed by atoms with Crippen LogP contribution in [0.4, 0.5) is 0 Å². The second-order valence-corrected chi connectivity index (χ2v) is 7.69. The minimum Gasteiger partial charge on any atom is -0.497 e. The van der Waals surface area contributed by atoms with Crippen LogP contribution in [0.2, 0.25) is 0 Å². The van der Waals surface area contributed by atoms with E-state index in [1.54, 1.807) is 12.0 Å². The summed E-state index contributed by atoms with van der Waals surface area (Å²) in [5.41, 5.74) is 1.26. The molecule has 6 heteroatoms. The van der Waals surface area contributed by atoms with Gasteiger partial charge in [-0.15, -0.1) is 0 Å². The molecule has 1 aromatic carbocycles. The van der Waals surface area contributed by atoms with Gasteiger partial charge in [-0.1, -0.05) is 12.1 Å². The van der Waals surface area contributed by atoms with Crippen LogP contribution >= 0.6 is 0 Å². The van der Waals surface area contributed by atoms with Crippen LogP contribution in [0.1, 0.15) is 47.2 Å². The molecule has 1 aromatic heterocycles. The molecule has 1 amide bonds. The molecule has 2 aromatic rings. The van der Waals surface area contributed by atoms with Crippen molar-refractivity contribution in [3.63, 3.8) is 0 Å². The predicted molar refractivity (Wildman–Crippen MR) is 109 cm³/mol. The van der Waals surface area contributed by atoms with Crippen LogP contribution in [0.15, 0.2) is 34.7 Å². The Morgan fingerprint density at radius 2 is 1.79 bits per heavy atom. The highest BCUT2D eigenvalue weighted by Crippen LogP contribution is 2.37. The number of carbonyl (C=O) groups is 2. The van der Waals surface area contributed by atoms with Gasteiger partial charge < -0.3 is 18.8 Å². The van der Waals surface area contributed by atoms with E-state index in [-0.39, 0.29) is 11.9 Å². The molecule has 0 spiro atoms. The molecule has 29 heavy (non-hydrogen) atoms. The van der Waals surface area contributed by atoms with Crippen LogP contribution < -0.4 is 4.74 Å². The Kier molecular flexibility index (Phi) is 6.30. The second kappa shape index (κ2) is 8.72. The molecule has 1 aliphatic heterocycles. The average Bonchev–Trinajstić information content (AvgIpc) is 3.06. The zero-order valence-corrected chi connectivity index (χ0v) is 17.6. The van der Waals surface area contributed by atoms with Crippen LogP contribution in [0.3, 0.4) is 0 Å². The number of piperidine rings is 1. The lowest BCUT2D eigenvalue weighted by Gasteiger charge is -2.39. The number of furan rings is 1. The quantitative estimate of drug-likeness (QED) is 0.689. The lowest BCUT2D eigenvalue weighted by molar-refractivity contribution is -0.158. The van der Waals surface area contributed by atoms with Gasteiger partial charge in [-0.2, -0.15) is 0 Å². The maximum absolute atomic E-state index is 12.9. The van der Waals surface area contributed by atoms with Crippen LogP contribution in [0.5, 0.6) is 5.75 Å². The Balaban J connectivity index is 1.76. The molecule has 6 nitrogen and oxygen atoms in total. The zero-order chi connectivity index (χ0) is 21.0. The summed E-state index contributed by atoms with van der Waals surface area (Å²) >= 11 is 0. The molecular formula is C23H29NO5. The number of benzene rings is 1. The summed E-state index contributed by atoms with van der Waals surface area (Å²) in [4.78, 5) is 27.5. The molecule has 1 aliphatic rings. The third-order valence-corrected chi connectivity index (χ3v) is 5.65. The first-order valence-electron chi connectivity index (χ1n) is 10.0. The minimum atomic E-state index is -0.629. The summed E-state index contributed by atoms with van der Waals surface area (Å²) in [5, 5.41) is 0. The van der Waals surface area contributed by atoms with Gasteiger partial charge in [0.05, 0.1) is 19.1 Å². The predicted octanol–water partition coefficient (Wildman–Crippen LogP) is 3.93. The summed E-state index contributed by atoms with van der Waals surface area (Å²) in [5.74, 6) is 1.60. The van der Waals surface area contributed by atoms with E-state index in [4.69, 9.17) is 13.9 Å². The highest BCUT2D eigenvalue weighted by molar-refractivity contribution is 5.93. The van der Waals surface area contributed by atoms with E-state index in [9.17, 15) is 9.59 Å². The van der Waals surface area contributed by atoms with Gasteiger partial charge in [0.15, 0.2) is 5.76 Å². The molecule has 1 fully saturated rings. The van der Waals surface area contributed by atoms with Crippen molar-refractivity contribution < 1.29 is 23.5 Å². The number of rotatable bonds is 6. The molecular weight excluding hydrogens is 370 g/mol. The van der Waals surface area contributed by atoms with Gasteiger partial charge in [-0.25, -0.2) is 0 Å². The number of aryl methyl sites for hydroxylation is 2. The van der Waals surface area contributed by atoms with E-state index in [1.807, 2.05) is 51.1 Å². The number of ether oxygens (including phenoxy) is 2. The fourth-order valence-electron chi connectivity index (χ4n) is 4.01. The highest BCUT2D eigenvalue weighted by Gasteiger charge is 2.44. The zero-order valence-electron chi connectivity index (χ0n) is 17.6. The maximum Gasteiger partial charge on any atom is 0.312 e. The first-order chi connectivity index (χ1) is 13.9. The van der Waals surface area contributed by atoms with E-state index in [0.717, 1.165) is 22.6 Å². The summed E-state index contributed by atoms with van der Waals surface area (Å²) in [6.07, 6.45) is 1.70. The largest absolute Gasteiger partial charge is 0.497 e. The normalized spacial score (nSPS) is 15.8. The fraction of sp³-hybridized carbons (Fsp3) is 0.478. The first-order valence-corrected chi connectivity index (χ1v) is 10.0. The van der Waals surface area contributed by atoms with E-state index in [2.05, 4.69) is 0 Å². The van der Waals surface area contributed by atoms with Gasteiger partial charge in [-0.05, 0) is 63.8 Å². The van der Waals surface area contributed by atoms with Gasteiger partial charge >= 0.3 is 5.97 Å². The monoisotopic (exact) mass is 399 g/mol. The molecule has 0 unspecified atom stereocenters. The van der Waals surface area contributed by atoms with Gasteiger partial charge in [0.25, 0.3) is 5.91 Å². The smallest absolute Gasteiger partial charge is 0.312 e. The van der Waals surface area contributed by atoms with Gasteiger partial charge in [0.2, 0.25) is 0 Å². The molecule has 0 saturated carbocycles. The number of hydrogen-bond donors (Lipinski definition) is 0. The number of carbonyl (C=O) groups excluding carboxylic acids is 2. The number of amides is 1. The number of hydrogen-bond acceptors (Lipinski definition) is 5. The van der Waals surface area contributed by atoms with Crippen molar-refractivity contribution in [2.24, 2.45) is 5.41 Å². The molecule has 2 heterocycles. The third kappa shape index (κ3) is 4.47. The van der Waals surface area contributed by atoms with Crippen molar-refractivity contribution in [3.05, 3.63) is 53.0 Å². The molecule has 0 radical (unpaired) electrons. The third-order valence-electron chi connectivity index (χ3n) is 5.65. The van der Waals surface area contributed by atoms with Crippen LogP contribution in [-0.4, -0.2) is 43.6 Å². The summed E-state index contributed by atoms with van der Waals surface area (Å²) in [6.45, 7) is 6.86. The Hall–Kier alpha value is -2.76. The van der Waals surface area contributed by atoms with Crippen molar-refractivity contribution in [1.29, 1.82) is 0 Å². The minimum absolute atomic E-state index is 0.113. The highest BCUT2D eigenvalue weighted by atomic mass is 16.5. The maximum atomic E-state index is 12.9. The average molecular weight is 399 g/mol. The van der Waals surface area contributed by atoms with E-state index in [1.165, 1.54) is 0 Å². The van der Waals surface area contributed by atoms with Crippen LogP contribution in [0, 0.1) is 19.3 Å².